The monoisotopic (exact) mass is 356 g/mol. The van der Waals surface area contributed by atoms with Gasteiger partial charge in [-0.15, -0.1) is 0 Å². The van der Waals surface area contributed by atoms with Gasteiger partial charge in [0.25, 0.3) is 5.91 Å². The molecule has 138 valence electrons. The average Bonchev–Trinajstić information content (AvgIpc) is 3.29. The second kappa shape index (κ2) is 8.14. The number of hydrogen-bond donors (Lipinski definition) is 2. The first kappa shape index (κ1) is 18.1. The van der Waals surface area contributed by atoms with Crippen molar-refractivity contribution in [3.8, 4) is 0 Å². The van der Waals surface area contributed by atoms with Gasteiger partial charge in [-0.25, -0.2) is 4.98 Å². The lowest BCUT2D eigenvalue weighted by atomic mass is 10.1. The number of methoxy groups -OCH3 is 1. The van der Waals surface area contributed by atoms with Crippen LogP contribution in [0.4, 0.5) is 0 Å². The molecule has 1 aromatic carbocycles. The van der Waals surface area contributed by atoms with Gasteiger partial charge in [-0.2, -0.15) is 0 Å². The summed E-state index contributed by atoms with van der Waals surface area (Å²) < 4.78 is 5.09. The molecule has 2 heterocycles. The first-order valence-electron chi connectivity index (χ1n) is 8.72. The highest BCUT2D eigenvalue weighted by atomic mass is 16.5. The minimum absolute atomic E-state index is 0.0430. The summed E-state index contributed by atoms with van der Waals surface area (Å²) in [6.45, 7) is 3.82. The number of amides is 2. The molecule has 1 aliphatic heterocycles. The molecule has 26 heavy (non-hydrogen) atoms. The Balaban J connectivity index is 1.59. The number of carbonyl (C=O) groups excluding carboxylic acids is 2. The second-order valence-electron chi connectivity index (χ2n) is 6.57. The van der Waals surface area contributed by atoms with E-state index in [1.165, 1.54) is 6.92 Å². The van der Waals surface area contributed by atoms with Crippen LogP contribution in [-0.2, 0) is 22.7 Å². The van der Waals surface area contributed by atoms with E-state index in [-0.39, 0.29) is 17.7 Å². The Morgan fingerprint density at radius 3 is 2.81 bits per heavy atom. The maximum Gasteiger partial charge on any atom is 0.253 e. The second-order valence-corrected chi connectivity index (χ2v) is 6.57. The topological polar surface area (TPSA) is 87.3 Å². The van der Waals surface area contributed by atoms with Crippen molar-refractivity contribution in [2.75, 3.05) is 20.2 Å². The van der Waals surface area contributed by atoms with Crippen LogP contribution < -0.4 is 5.32 Å². The SMILES string of the molecule is COCc1ccc(C(=O)N2CC[C@H](c3ncc(CNC(C)=O)[nH]3)C2)cc1. The number of nitrogens with one attached hydrogen (secondary N) is 2. The number of H-pyrrole nitrogens is 1. The summed E-state index contributed by atoms with van der Waals surface area (Å²) in [5, 5.41) is 2.74. The zero-order valence-corrected chi connectivity index (χ0v) is 15.1. The molecule has 0 saturated carbocycles. The Morgan fingerprint density at radius 2 is 2.12 bits per heavy atom. The number of nitrogens with zero attached hydrogens (tertiary/aromatic N) is 2. The highest BCUT2D eigenvalue weighted by Crippen LogP contribution is 2.26. The summed E-state index contributed by atoms with van der Waals surface area (Å²) in [4.78, 5) is 33.2. The Labute approximate surface area is 152 Å². The van der Waals surface area contributed by atoms with E-state index < -0.39 is 0 Å². The van der Waals surface area contributed by atoms with E-state index in [1.54, 1.807) is 13.3 Å². The fraction of sp³-hybridized carbons (Fsp3) is 0.421. The number of ether oxygens (including phenoxy) is 1. The number of carbonyl (C=O) groups is 2. The molecule has 1 aromatic heterocycles. The fourth-order valence-corrected chi connectivity index (χ4v) is 3.15. The van der Waals surface area contributed by atoms with Gasteiger partial charge in [-0.3, -0.25) is 9.59 Å². The summed E-state index contributed by atoms with van der Waals surface area (Å²) in [6, 6.07) is 7.54. The molecule has 2 amide bonds. The standard InChI is InChI=1S/C19H24N4O3/c1-13(24)20-9-17-10-21-18(22-17)16-7-8-23(11-16)19(25)15-5-3-14(4-6-15)12-26-2/h3-6,10,16H,7-9,11-12H2,1-2H3,(H,20,24)(H,21,22)/t16-/m0/s1. The zero-order chi connectivity index (χ0) is 18.5. The van der Waals surface area contributed by atoms with Gasteiger partial charge in [0, 0.05) is 38.6 Å². The van der Waals surface area contributed by atoms with Gasteiger partial charge in [0.15, 0.2) is 0 Å². The molecule has 0 unspecified atom stereocenters. The van der Waals surface area contributed by atoms with Crippen LogP contribution in [0.2, 0.25) is 0 Å². The third-order valence-electron chi connectivity index (χ3n) is 4.55. The average molecular weight is 356 g/mol. The van der Waals surface area contributed by atoms with Crippen molar-refractivity contribution >= 4 is 11.8 Å². The highest BCUT2D eigenvalue weighted by Gasteiger charge is 2.29. The van der Waals surface area contributed by atoms with Crippen LogP contribution in [-0.4, -0.2) is 46.9 Å². The molecule has 1 fully saturated rings. The van der Waals surface area contributed by atoms with Crippen LogP contribution in [0.3, 0.4) is 0 Å². The van der Waals surface area contributed by atoms with Crippen molar-refractivity contribution in [3.63, 3.8) is 0 Å². The maximum absolute atomic E-state index is 12.7. The molecule has 1 atom stereocenters. The third-order valence-corrected chi connectivity index (χ3v) is 4.55. The van der Waals surface area contributed by atoms with Crippen molar-refractivity contribution in [1.29, 1.82) is 0 Å². The molecular formula is C19H24N4O3. The predicted molar refractivity (Wildman–Crippen MR) is 96.5 cm³/mol. The molecule has 7 nitrogen and oxygen atoms in total. The van der Waals surface area contributed by atoms with Crippen molar-refractivity contribution in [2.24, 2.45) is 0 Å². The van der Waals surface area contributed by atoms with Gasteiger partial charge in [0.05, 0.1) is 25.0 Å². The lowest BCUT2D eigenvalue weighted by Crippen LogP contribution is -2.28. The third kappa shape index (κ3) is 4.29. The molecule has 0 spiro atoms. The quantitative estimate of drug-likeness (QED) is 0.826. The van der Waals surface area contributed by atoms with Crippen LogP contribution in [0, 0.1) is 0 Å². The predicted octanol–water partition coefficient (Wildman–Crippen LogP) is 1.82. The van der Waals surface area contributed by atoms with Crippen molar-refractivity contribution in [2.45, 2.75) is 32.4 Å². The van der Waals surface area contributed by atoms with Gasteiger partial charge in [0.1, 0.15) is 5.82 Å². The largest absolute Gasteiger partial charge is 0.380 e. The van der Waals surface area contributed by atoms with E-state index in [4.69, 9.17) is 4.74 Å². The Hall–Kier alpha value is -2.67. The molecule has 7 heteroatoms. The number of imidazole rings is 1. The highest BCUT2D eigenvalue weighted by molar-refractivity contribution is 5.94. The van der Waals surface area contributed by atoms with Crippen molar-refractivity contribution < 1.29 is 14.3 Å². The molecule has 0 radical (unpaired) electrons. The number of benzene rings is 1. The van der Waals surface area contributed by atoms with Gasteiger partial charge < -0.3 is 19.9 Å². The molecule has 2 N–H and O–H groups in total. The van der Waals surface area contributed by atoms with E-state index in [9.17, 15) is 9.59 Å². The fourth-order valence-electron chi connectivity index (χ4n) is 3.15. The molecule has 3 rings (SSSR count). The minimum atomic E-state index is -0.0738. The Bertz CT molecular complexity index is 769. The van der Waals surface area contributed by atoms with E-state index in [0.717, 1.165) is 23.5 Å². The summed E-state index contributed by atoms with van der Waals surface area (Å²) in [6.07, 6.45) is 2.62. The first-order chi connectivity index (χ1) is 12.6. The number of rotatable bonds is 6. The first-order valence-corrected chi connectivity index (χ1v) is 8.72. The summed E-state index contributed by atoms with van der Waals surface area (Å²) in [5.41, 5.74) is 2.61. The molecule has 2 aromatic rings. The van der Waals surface area contributed by atoms with Crippen molar-refractivity contribution in [1.82, 2.24) is 20.2 Å². The van der Waals surface area contributed by atoms with Crippen LogP contribution in [0.5, 0.6) is 0 Å². The van der Waals surface area contributed by atoms with Gasteiger partial charge in [-0.05, 0) is 24.1 Å². The van der Waals surface area contributed by atoms with Crippen LogP contribution in [0.25, 0.3) is 0 Å². The molecule has 1 aliphatic rings. The number of likely N-dealkylation sites (tertiary alicyclic amines) is 1. The minimum Gasteiger partial charge on any atom is -0.380 e. The number of aromatic nitrogens is 2. The molecule has 1 saturated heterocycles. The lowest BCUT2D eigenvalue weighted by molar-refractivity contribution is -0.119. The summed E-state index contributed by atoms with van der Waals surface area (Å²) in [5.74, 6) is 1.03. The van der Waals surface area contributed by atoms with Crippen molar-refractivity contribution in [3.05, 3.63) is 53.1 Å². The van der Waals surface area contributed by atoms with Crippen LogP contribution >= 0.6 is 0 Å². The normalized spacial score (nSPS) is 16.7. The van der Waals surface area contributed by atoms with E-state index in [2.05, 4.69) is 15.3 Å². The van der Waals surface area contributed by atoms with Gasteiger partial charge in [-0.1, -0.05) is 12.1 Å². The molecule has 0 bridgehead atoms. The van der Waals surface area contributed by atoms with E-state index in [1.807, 2.05) is 29.2 Å². The van der Waals surface area contributed by atoms with E-state index >= 15 is 0 Å². The van der Waals surface area contributed by atoms with E-state index in [0.29, 0.717) is 31.8 Å². The van der Waals surface area contributed by atoms with Gasteiger partial charge in [0.2, 0.25) is 5.91 Å². The van der Waals surface area contributed by atoms with Crippen LogP contribution in [0.15, 0.2) is 30.5 Å². The summed E-state index contributed by atoms with van der Waals surface area (Å²) in [7, 11) is 1.65. The van der Waals surface area contributed by atoms with Gasteiger partial charge >= 0.3 is 0 Å². The molecule has 0 aliphatic carbocycles. The smallest absolute Gasteiger partial charge is 0.253 e. The molecular weight excluding hydrogens is 332 g/mol. The number of hydrogen-bond acceptors (Lipinski definition) is 4. The Morgan fingerprint density at radius 1 is 1.35 bits per heavy atom. The summed E-state index contributed by atoms with van der Waals surface area (Å²) >= 11 is 0. The van der Waals surface area contributed by atoms with Crippen LogP contribution in [0.1, 0.15) is 46.7 Å². The maximum atomic E-state index is 12.7. The lowest BCUT2D eigenvalue weighted by Gasteiger charge is -2.16. The number of aromatic amines is 1. The zero-order valence-electron chi connectivity index (χ0n) is 15.1. The Kier molecular flexibility index (Phi) is 5.68.